The van der Waals surface area contributed by atoms with Crippen molar-refractivity contribution in [1.29, 1.82) is 0 Å². The standard InChI is InChI=1S/C11H17F3O3/c1-10(2,11(12,13)14)9(16)17-8-5-3-4-7(15)6-8/h7-8,15H,3-6H2,1-2H3. The molecule has 100 valence electrons. The lowest BCUT2D eigenvalue weighted by atomic mass is 9.91. The largest absolute Gasteiger partial charge is 0.462 e. The third kappa shape index (κ3) is 3.34. The molecule has 0 aromatic rings. The Bertz CT molecular complexity index is 286. The number of alkyl halides is 3. The first kappa shape index (κ1) is 14.3. The fourth-order valence-electron chi connectivity index (χ4n) is 1.64. The summed E-state index contributed by atoms with van der Waals surface area (Å²) < 4.78 is 42.5. The molecule has 0 heterocycles. The average molecular weight is 254 g/mol. The van der Waals surface area contributed by atoms with Crippen LogP contribution in [0.4, 0.5) is 13.2 Å². The molecular weight excluding hydrogens is 237 g/mol. The summed E-state index contributed by atoms with van der Waals surface area (Å²) in [6.07, 6.45) is -3.82. The van der Waals surface area contributed by atoms with Gasteiger partial charge in [-0.15, -0.1) is 0 Å². The summed E-state index contributed by atoms with van der Waals surface area (Å²) in [5.41, 5.74) is -2.50. The van der Waals surface area contributed by atoms with E-state index in [0.29, 0.717) is 19.3 Å². The van der Waals surface area contributed by atoms with Crippen LogP contribution in [0.15, 0.2) is 0 Å². The molecule has 2 atom stereocenters. The Kier molecular flexibility index (Phi) is 4.06. The summed E-state index contributed by atoms with van der Waals surface area (Å²) in [5, 5.41) is 9.34. The number of esters is 1. The van der Waals surface area contributed by atoms with Crippen LogP contribution in [0.25, 0.3) is 0 Å². The minimum absolute atomic E-state index is 0.222. The van der Waals surface area contributed by atoms with Gasteiger partial charge in [-0.05, 0) is 33.1 Å². The minimum atomic E-state index is -4.63. The zero-order valence-corrected chi connectivity index (χ0v) is 9.88. The highest BCUT2D eigenvalue weighted by Crippen LogP contribution is 2.39. The summed E-state index contributed by atoms with van der Waals surface area (Å²) in [6, 6.07) is 0. The van der Waals surface area contributed by atoms with Gasteiger partial charge in [-0.1, -0.05) is 0 Å². The third-order valence-corrected chi connectivity index (χ3v) is 3.09. The van der Waals surface area contributed by atoms with Crippen molar-refractivity contribution in [2.45, 2.75) is 57.9 Å². The average Bonchev–Trinajstić information content (AvgIpc) is 2.15. The lowest BCUT2D eigenvalue weighted by Crippen LogP contribution is -2.43. The molecule has 0 amide bonds. The zero-order valence-electron chi connectivity index (χ0n) is 9.88. The molecule has 1 aliphatic carbocycles. The predicted molar refractivity (Wildman–Crippen MR) is 54.2 cm³/mol. The van der Waals surface area contributed by atoms with Crippen molar-refractivity contribution < 1.29 is 27.8 Å². The molecule has 6 heteroatoms. The van der Waals surface area contributed by atoms with Crippen LogP contribution in [0.2, 0.25) is 0 Å². The number of hydrogen-bond donors (Lipinski definition) is 1. The van der Waals surface area contributed by atoms with Crippen molar-refractivity contribution in [3.63, 3.8) is 0 Å². The molecule has 0 aromatic carbocycles. The third-order valence-electron chi connectivity index (χ3n) is 3.09. The molecule has 1 fully saturated rings. The number of halogens is 3. The molecule has 0 bridgehead atoms. The molecule has 0 spiro atoms. The van der Waals surface area contributed by atoms with Crippen LogP contribution in [-0.4, -0.2) is 29.5 Å². The van der Waals surface area contributed by atoms with Crippen molar-refractivity contribution in [2.24, 2.45) is 5.41 Å². The molecule has 0 aliphatic heterocycles. The highest BCUT2D eigenvalue weighted by atomic mass is 19.4. The SMILES string of the molecule is CC(C)(C(=O)OC1CCCC(O)C1)C(F)(F)F. The summed E-state index contributed by atoms with van der Waals surface area (Å²) >= 11 is 0. The number of aliphatic hydroxyl groups excluding tert-OH is 1. The molecule has 0 radical (unpaired) electrons. The lowest BCUT2D eigenvalue weighted by Gasteiger charge is -2.31. The van der Waals surface area contributed by atoms with E-state index in [9.17, 15) is 23.1 Å². The van der Waals surface area contributed by atoms with Gasteiger partial charge in [0.2, 0.25) is 0 Å². The quantitative estimate of drug-likeness (QED) is 0.770. The van der Waals surface area contributed by atoms with Crippen LogP contribution in [0.5, 0.6) is 0 Å². The molecule has 1 rings (SSSR count). The lowest BCUT2D eigenvalue weighted by molar-refractivity contribution is -0.228. The van der Waals surface area contributed by atoms with Crippen molar-refractivity contribution in [3.8, 4) is 0 Å². The van der Waals surface area contributed by atoms with E-state index in [1.165, 1.54) is 0 Å². The number of aliphatic hydroxyl groups is 1. The maximum Gasteiger partial charge on any atom is 0.404 e. The van der Waals surface area contributed by atoms with Crippen molar-refractivity contribution in [2.75, 3.05) is 0 Å². The second kappa shape index (κ2) is 4.84. The van der Waals surface area contributed by atoms with Crippen LogP contribution in [0.3, 0.4) is 0 Å². The summed E-state index contributed by atoms with van der Waals surface area (Å²) in [7, 11) is 0. The van der Waals surface area contributed by atoms with Gasteiger partial charge in [0, 0.05) is 6.42 Å². The van der Waals surface area contributed by atoms with Gasteiger partial charge in [0.05, 0.1) is 6.10 Å². The number of hydrogen-bond acceptors (Lipinski definition) is 3. The molecule has 0 aromatic heterocycles. The predicted octanol–water partition coefficient (Wildman–Crippen LogP) is 2.42. The molecule has 0 saturated heterocycles. The Labute approximate surface area is 97.9 Å². The van der Waals surface area contributed by atoms with Gasteiger partial charge in [-0.2, -0.15) is 13.2 Å². The van der Waals surface area contributed by atoms with E-state index in [1.54, 1.807) is 0 Å². The van der Waals surface area contributed by atoms with E-state index >= 15 is 0 Å². The van der Waals surface area contributed by atoms with E-state index in [-0.39, 0.29) is 6.42 Å². The Balaban J connectivity index is 2.60. The van der Waals surface area contributed by atoms with E-state index in [0.717, 1.165) is 13.8 Å². The second-order valence-electron chi connectivity index (χ2n) is 4.97. The molecular formula is C11H17F3O3. The second-order valence-corrected chi connectivity index (χ2v) is 4.97. The number of carbonyl (C=O) groups excluding carboxylic acids is 1. The van der Waals surface area contributed by atoms with E-state index in [1.807, 2.05) is 0 Å². The van der Waals surface area contributed by atoms with Crippen LogP contribution < -0.4 is 0 Å². The number of carbonyl (C=O) groups is 1. The first-order valence-electron chi connectivity index (χ1n) is 5.60. The van der Waals surface area contributed by atoms with E-state index in [4.69, 9.17) is 4.74 Å². The molecule has 17 heavy (non-hydrogen) atoms. The molecule has 1 saturated carbocycles. The Morgan fingerprint density at radius 3 is 2.35 bits per heavy atom. The topological polar surface area (TPSA) is 46.5 Å². The summed E-state index contributed by atoms with van der Waals surface area (Å²) in [5.74, 6) is -1.27. The van der Waals surface area contributed by atoms with Crippen LogP contribution >= 0.6 is 0 Å². The normalized spacial score (nSPS) is 26.7. The van der Waals surface area contributed by atoms with Gasteiger partial charge in [0.25, 0.3) is 0 Å². The highest BCUT2D eigenvalue weighted by Gasteiger charge is 2.54. The minimum Gasteiger partial charge on any atom is -0.462 e. The van der Waals surface area contributed by atoms with Gasteiger partial charge in [-0.25, -0.2) is 0 Å². The fourth-order valence-corrected chi connectivity index (χ4v) is 1.64. The van der Waals surface area contributed by atoms with Gasteiger partial charge in [0.15, 0.2) is 5.41 Å². The molecule has 1 aliphatic rings. The Hall–Kier alpha value is -0.780. The Morgan fingerprint density at radius 2 is 1.88 bits per heavy atom. The number of rotatable bonds is 2. The smallest absolute Gasteiger partial charge is 0.404 e. The van der Waals surface area contributed by atoms with E-state index < -0.39 is 29.8 Å². The maximum absolute atomic E-state index is 12.6. The van der Waals surface area contributed by atoms with Crippen LogP contribution in [0.1, 0.15) is 39.5 Å². The van der Waals surface area contributed by atoms with Crippen molar-refractivity contribution >= 4 is 5.97 Å². The summed E-state index contributed by atoms with van der Waals surface area (Å²) in [6.45, 7) is 1.60. The first-order valence-corrected chi connectivity index (χ1v) is 5.60. The summed E-state index contributed by atoms with van der Waals surface area (Å²) in [4.78, 5) is 11.5. The van der Waals surface area contributed by atoms with Gasteiger partial charge in [0.1, 0.15) is 6.10 Å². The first-order chi connectivity index (χ1) is 7.64. The number of ether oxygens (including phenoxy) is 1. The molecule has 1 N–H and O–H groups in total. The highest BCUT2D eigenvalue weighted by molar-refractivity contribution is 5.77. The van der Waals surface area contributed by atoms with Crippen LogP contribution in [0, 0.1) is 5.41 Å². The Morgan fingerprint density at radius 1 is 1.29 bits per heavy atom. The van der Waals surface area contributed by atoms with Gasteiger partial charge < -0.3 is 9.84 Å². The van der Waals surface area contributed by atoms with Crippen molar-refractivity contribution in [1.82, 2.24) is 0 Å². The van der Waals surface area contributed by atoms with Crippen LogP contribution in [-0.2, 0) is 9.53 Å². The fraction of sp³-hybridized carbons (Fsp3) is 0.909. The maximum atomic E-state index is 12.6. The van der Waals surface area contributed by atoms with Gasteiger partial charge in [-0.3, -0.25) is 4.79 Å². The van der Waals surface area contributed by atoms with E-state index in [2.05, 4.69) is 0 Å². The molecule has 3 nitrogen and oxygen atoms in total. The zero-order chi connectivity index (χ0) is 13.3. The van der Waals surface area contributed by atoms with Crippen molar-refractivity contribution in [3.05, 3.63) is 0 Å². The van der Waals surface area contributed by atoms with Gasteiger partial charge >= 0.3 is 12.1 Å². The monoisotopic (exact) mass is 254 g/mol. The molecule has 2 unspecified atom stereocenters.